The van der Waals surface area contributed by atoms with E-state index in [-0.39, 0.29) is 11.3 Å². The smallest absolute Gasteiger partial charge is 0.408 e. The number of aliphatic carboxylic acids is 1. The predicted octanol–water partition coefficient (Wildman–Crippen LogP) is 3.11. The van der Waals surface area contributed by atoms with Crippen molar-refractivity contribution in [3.8, 4) is 0 Å². The highest BCUT2D eigenvalue weighted by Crippen LogP contribution is 2.26. The van der Waals surface area contributed by atoms with Crippen LogP contribution in [0.2, 0.25) is 0 Å². The van der Waals surface area contributed by atoms with Crippen molar-refractivity contribution in [1.82, 2.24) is 5.32 Å². The predicted molar refractivity (Wildman–Crippen MR) is 81.6 cm³/mol. The number of nitrogens with one attached hydrogen (secondary N) is 1. The van der Waals surface area contributed by atoms with Crippen molar-refractivity contribution in [3.05, 3.63) is 35.4 Å². The molecular formula is C13H12Cl3NO5. The molecule has 2 N–H and O–H groups in total. The maximum absolute atomic E-state index is 11.5. The maximum Gasteiger partial charge on any atom is 0.408 e. The van der Waals surface area contributed by atoms with E-state index in [1.807, 2.05) is 0 Å². The lowest BCUT2D eigenvalue weighted by atomic mass is 10.0. The van der Waals surface area contributed by atoms with Crippen molar-refractivity contribution in [2.24, 2.45) is 0 Å². The Balaban J connectivity index is 2.79. The molecule has 120 valence electrons. The number of ketones is 1. The van der Waals surface area contributed by atoms with E-state index in [2.05, 4.69) is 10.1 Å². The first-order chi connectivity index (χ1) is 10.1. The van der Waals surface area contributed by atoms with Crippen molar-refractivity contribution >= 4 is 52.6 Å². The Labute approximate surface area is 141 Å². The van der Waals surface area contributed by atoms with Crippen LogP contribution in [0.4, 0.5) is 4.79 Å². The van der Waals surface area contributed by atoms with Crippen molar-refractivity contribution in [2.45, 2.75) is 16.8 Å². The Kier molecular flexibility index (Phi) is 6.47. The number of carboxylic acid groups (broad SMARTS) is 1. The third-order valence-corrected chi connectivity index (χ3v) is 2.85. The summed E-state index contributed by atoms with van der Waals surface area (Å²) in [4.78, 5) is 33.9. The van der Waals surface area contributed by atoms with Crippen LogP contribution in [0.1, 0.15) is 28.9 Å². The number of alkyl halides is 3. The van der Waals surface area contributed by atoms with Gasteiger partial charge in [-0.3, -0.25) is 4.79 Å². The Bertz CT molecular complexity index is 568. The van der Waals surface area contributed by atoms with Gasteiger partial charge in [-0.2, -0.15) is 0 Å². The van der Waals surface area contributed by atoms with Crippen molar-refractivity contribution in [1.29, 1.82) is 0 Å². The van der Waals surface area contributed by atoms with Gasteiger partial charge in [0.05, 0.1) is 0 Å². The summed E-state index contributed by atoms with van der Waals surface area (Å²) in [6.45, 7) is 0.856. The Morgan fingerprint density at radius 2 is 1.77 bits per heavy atom. The number of carbonyl (C=O) groups is 3. The van der Waals surface area contributed by atoms with Gasteiger partial charge in [-0.15, -0.1) is 0 Å². The zero-order valence-corrected chi connectivity index (χ0v) is 13.6. The summed E-state index contributed by atoms with van der Waals surface area (Å²) < 4.78 is 2.81. The fraction of sp³-hybridized carbons (Fsp3) is 0.308. The van der Waals surface area contributed by atoms with E-state index in [1.54, 1.807) is 0 Å². The number of benzene rings is 1. The highest BCUT2D eigenvalue weighted by Gasteiger charge is 2.26. The number of amides is 1. The summed E-state index contributed by atoms with van der Waals surface area (Å²) in [5.74, 6) is -1.46. The minimum atomic E-state index is -1.79. The van der Waals surface area contributed by atoms with Crippen LogP contribution in [-0.2, 0) is 9.53 Å². The molecule has 0 radical (unpaired) electrons. The Morgan fingerprint density at radius 1 is 1.23 bits per heavy atom. The van der Waals surface area contributed by atoms with E-state index in [0.717, 1.165) is 0 Å². The molecule has 0 heterocycles. The van der Waals surface area contributed by atoms with Gasteiger partial charge in [-0.1, -0.05) is 59.1 Å². The molecule has 0 unspecified atom stereocenters. The van der Waals surface area contributed by atoms with Gasteiger partial charge in [-0.25, -0.2) is 9.59 Å². The fourth-order valence-corrected chi connectivity index (χ4v) is 1.67. The van der Waals surface area contributed by atoms with Crippen LogP contribution >= 0.6 is 34.8 Å². The van der Waals surface area contributed by atoms with Crippen molar-refractivity contribution in [3.63, 3.8) is 0 Å². The van der Waals surface area contributed by atoms with Crippen LogP contribution in [0.15, 0.2) is 24.3 Å². The molecule has 0 spiro atoms. The van der Waals surface area contributed by atoms with Gasteiger partial charge in [0.25, 0.3) is 0 Å². The maximum atomic E-state index is 11.5. The molecule has 1 atom stereocenters. The molecule has 6 nitrogen and oxygen atoms in total. The monoisotopic (exact) mass is 367 g/mol. The van der Waals surface area contributed by atoms with Gasteiger partial charge >= 0.3 is 12.1 Å². The van der Waals surface area contributed by atoms with Crippen LogP contribution in [0.5, 0.6) is 0 Å². The molecule has 0 fully saturated rings. The lowest BCUT2D eigenvalue weighted by Gasteiger charge is -2.17. The van der Waals surface area contributed by atoms with Crippen LogP contribution in [0.25, 0.3) is 0 Å². The molecule has 0 aliphatic heterocycles. The zero-order valence-electron chi connectivity index (χ0n) is 11.3. The van der Waals surface area contributed by atoms with Gasteiger partial charge < -0.3 is 15.2 Å². The molecular weight excluding hydrogens is 357 g/mol. The van der Waals surface area contributed by atoms with Gasteiger partial charge in [0.1, 0.15) is 6.61 Å². The van der Waals surface area contributed by atoms with Crippen molar-refractivity contribution < 1.29 is 24.2 Å². The molecule has 0 aromatic heterocycles. The first-order valence-electron chi connectivity index (χ1n) is 5.94. The van der Waals surface area contributed by atoms with Gasteiger partial charge in [0.2, 0.25) is 3.79 Å². The van der Waals surface area contributed by atoms with Crippen LogP contribution in [-0.4, -0.2) is 33.4 Å². The second-order valence-electron chi connectivity index (χ2n) is 4.29. The van der Waals surface area contributed by atoms with E-state index < -0.39 is 28.5 Å². The lowest BCUT2D eigenvalue weighted by Crippen LogP contribution is -2.35. The van der Waals surface area contributed by atoms with Crippen LogP contribution in [0, 0.1) is 0 Å². The first-order valence-corrected chi connectivity index (χ1v) is 7.07. The normalized spacial score (nSPS) is 12.4. The second-order valence-corrected chi connectivity index (χ2v) is 6.80. The van der Waals surface area contributed by atoms with Gasteiger partial charge in [0, 0.05) is 5.56 Å². The van der Waals surface area contributed by atoms with E-state index in [9.17, 15) is 14.4 Å². The number of ether oxygens (including phenoxy) is 1. The number of Topliss-reactive ketones (excluding diaryl/α,β-unsaturated/α-hetero) is 1. The van der Waals surface area contributed by atoms with Crippen LogP contribution < -0.4 is 5.32 Å². The number of rotatable bonds is 5. The number of carboxylic acids is 1. The highest BCUT2D eigenvalue weighted by atomic mass is 35.6. The first kappa shape index (κ1) is 18.5. The minimum absolute atomic E-state index is 0.159. The Morgan fingerprint density at radius 3 is 2.18 bits per heavy atom. The molecule has 22 heavy (non-hydrogen) atoms. The topological polar surface area (TPSA) is 92.7 Å². The summed E-state index contributed by atoms with van der Waals surface area (Å²) in [6, 6.07) is 4.41. The molecule has 0 aliphatic rings. The van der Waals surface area contributed by atoms with Gasteiger partial charge in [0.15, 0.2) is 11.8 Å². The molecule has 0 bridgehead atoms. The van der Waals surface area contributed by atoms with Crippen molar-refractivity contribution in [2.75, 3.05) is 6.61 Å². The molecule has 1 rings (SSSR count). The number of carbonyl (C=O) groups excluding carboxylic acids is 2. The summed E-state index contributed by atoms with van der Waals surface area (Å²) in [5.41, 5.74) is 0.690. The average molecular weight is 369 g/mol. The second kappa shape index (κ2) is 7.67. The molecule has 1 amide bonds. The average Bonchev–Trinajstić information content (AvgIpc) is 2.41. The lowest BCUT2D eigenvalue weighted by molar-refractivity contribution is -0.139. The number of hydrogen-bond donors (Lipinski definition) is 2. The fourth-order valence-electron chi connectivity index (χ4n) is 1.50. The summed E-state index contributed by atoms with van der Waals surface area (Å²) in [5, 5.41) is 11.3. The van der Waals surface area contributed by atoms with E-state index in [1.165, 1.54) is 31.2 Å². The summed E-state index contributed by atoms with van der Waals surface area (Å²) in [7, 11) is 0. The molecule has 1 aromatic carbocycles. The quantitative estimate of drug-likeness (QED) is 0.615. The molecule has 1 aromatic rings. The third kappa shape index (κ3) is 6.09. The molecule has 0 saturated carbocycles. The minimum Gasteiger partial charge on any atom is -0.479 e. The molecule has 0 saturated heterocycles. The van der Waals surface area contributed by atoms with E-state index in [4.69, 9.17) is 39.9 Å². The molecule has 9 heteroatoms. The number of hydrogen-bond acceptors (Lipinski definition) is 4. The summed E-state index contributed by atoms with van der Waals surface area (Å²) in [6.07, 6.45) is -1.05. The highest BCUT2D eigenvalue weighted by molar-refractivity contribution is 6.67. The number of halogens is 3. The molecule has 0 aliphatic carbocycles. The Hall–Kier alpha value is -1.50. The van der Waals surface area contributed by atoms with E-state index >= 15 is 0 Å². The number of alkyl carbamates (subject to hydrolysis) is 1. The largest absolute Gasteiger partial charge is 0.479 e. The SMILES string of the molecule is CC(=O)c1ccc([C@@H](NC(=O)OCC(Cl)(Cl)Cl)C(=O)O)cc1. The zero-order chi connectivity index (χ0) is 16.9. The summed E-state index contributed by atoms with van der Waals surface area (Å²) >= 11 is 16.3. The van der Waals surface area contributed by atoms with Gasteiger partial charge in [-0.05, 0) is 12.5 Å². The van der Waals surface area contributed by atoms with E-state index in [0.29, 0.717) is 5.56 Å². The standard InChI is InChI=1S/C13H12Cl3NO5/c1-7(18)8-2-4-9(5-3-8)10(11(19)20)17-12(21)22-6-13(14,15)16/h2-5,10H,6H2,1H3,(H,17,21)(H,19,20)/t10-/m1/s1. The van der Waals surface area contributed by atoms with Crippen LogP contribution in [0.3, 0.4) is 0 Å². The third-order valence-electron chi connectivity index (χ3n) is 2.53.